The average molecular weight is 376 g/mol. The minimum absolute atomic E-state index is 0.172. The van der Waals surface area contributed by atoms with Crippen LogP contribution < -0.4 is 10.5 Å². The third-order valence-corrected chi connectivity index (χ3v) is 7.81. The van der Waals surface area contributed by atoms with Crippen molar-refractivity contribution in [1.82, 2.24) is 0 Å². The van der Waals surface area contributed by atoms with Gasteiger partial charge in [0.2, 0.25) is 0 Å². The molecule has 2 N–H and O–H groups in total. The van der Waals surface area contributed by atoms with E-state index in [1.54, 1.807) is 7.11 Å². The molecule has 0 radical (unpaired) electrons. The predicted octanol–water partition coefficient (Wildman–Crippen LogP) is 3.95. The van der Waals surface area contributed by atoms with Crippen molar-refractivity contribution in [3.8, 4) is 5.75 Å². The summed E-state index contributed by atoms with van der Waals surface area (Å²) in [4.78, 5) is 0. The van der Waals surface area contributed by atoms with Crippen LogP contribution in [0.15, 0.2) is 22.7 Å². The minimum Gasteiger partial charge on any atom is -0.496 e. The Labute approximate surface area is 138 Å². The van der Waals surface area contributed by atoms with Crippen LogP contribution in [0.3, 0.4) is 0 Å². The van der Waals surface area contributed by atoms with Gasteiger partial charge in [0, 0.05) is 32.0 Å². The lowest BCUT2D eigenvalue weighted by Gasteiger charge is -2.34. The van der Waals surface area contributed by atoms with Crippen LogP contribution >= 0.6 is 39.5 Å². The van der Waals surface area contributed by atoms with Crippen molar-refractivity contribution in [2.24, 2.45) is 5.73 Å². The Morgan fingerprint density at radius 2 is 2.15 bits per heavy atom. The molecule has 112 valence electrons. The maximum absolute atomic E-state index is 6.46. The lowest BCUT2D eigenvalue weighted by molar-refractivity contribution is 0.407. The maximum atomic E-state index is 6.46. The van der Waals surface area contributed by atoms with Gasteiger partial charge in [0.05, 0.1) is 7.11 Å². The highest BCUT2D eigenvalue weighted by Gasteiger charge is 2.30. The molecule has 0 amide bonds. The van der Waals surface area contributed by atoms with E-state index in [-0.39, 0.29) is 6.04 Å². The summed E-state index contributed by atoms with van der Waals surface area (Å²) in [6, 6.07) is 6.29. The quantitative estimate of drug-likeness (QED) is 0.863. The Bertz CT molecular complexity index is 457. The number of thioether (sulfide) groups is 2. The molecule has 1 aliphatic rings. The molecule has 2 rings (SSSR count). The second-order valence-electron chi connectivity index (χ2n) is 5.24. The van der Waals surface area contributed by atoms with E-state index in [1.807, 2.05) is 35.7 Å². The number of nitrogens with two attached hydrogens (primary N) is 1. The third-order valence-electron chi connectivity index (χ3n) is 3.75. The molecule has 1 fully saturated rings. The fraction of sp³-hybridized carbons (Fsp3) is 0.600. The number of benzene rings is 1. The molecular weight excluding hydrogens is 354 g/mol. The van der Waals surface area contributed by atoms with Crippen LogP contribution in [0.4, 0.5) is 0 Å². The van der Waals surface area contributed by atoms with Gasteiger partial charge in [0.25, 0.3) is 0 Å². The van der Waals surface area contributed by atoms with Crippen LogP contribution in [0.1, 0.15) is 19.4 Å². The first-order valence-corrected chi connectivity index (χ1v) is 9.64. The molecule has 1 aromatic carbocycles. The van der Waals surface area contributed by atoms with Gasteiger partial charge in [-0.05, 0) is 30.2 Å². The summed E-state index contributed by atoms with van der Waals surface area (Å²) in [5.41, 5.74) is 7.64. The lowest BCUT2D eigenvalue weighted by atomic mass is 10.0. The predicted molar refractivity (Wildman–Crippen MR) is 95.1 cm³/mol. The van der Waals surface area contributed by atoms with E-state index in [0.717, 1.165) is 27.6 Å². The number of hydrogen-bond donors (Lipinski definition) is 1. The Hall–Kier alpha value is 0.160. The van der Waals surface area contributed by atoms with Gasteiger partial charge in [0.15, 0.2) is 0 Å². The normalized spacial score (nSPS) is 28.1. The number of ether oxygens (including phenoxy) is 1. The van der Waals surface area contributed by atoms with Gasteiger partial charge in [-0.2, -0.15) is 23.5 Å². The zero-order valence-electron chi connectivity index (χ0n) is 12.1. The Balaban J connectivity index is 2.04. The van der Waals surface area contributed by atoms with Crippen LogP contribution in [0.25, 0.3) is 0 Å². The van der Waals surface area contributed by atoms with E-state index in [2.05, 4.69) is 35.8 Å². The van der Waals surface area contributed by atoms with Crippen LogP contribution in [0.2, 0.25) is 0 Å². The molecule has 1 saturated heterocycles. The van der Waals surface area contributed by atoms with Gasteiger partial charge in [-0.3, -0.25) is 0 Å². The fourth-order valence-corrected chi connectivity index (χ4v) is 5.79. The summed E-state index contributed by atoms with van der Waals surface area (Å²) in [5, 5.41) is 1.92. The molecule has 1 aliphatic heterocycles. The highest BCUT2D eigenvalue weighted by Crippen LogP contribution is 2.37. The molecule has 1 aromatic rings. The van der Waals surface area contributed by atoms with Crippen molar-refractivity contribution in [3.63, 3.8) is 0 Å². The van der Waals surface area contributed by atoms with E-state index >= 15 is 0 Å². The summed E-state index contributed by atoms with van der Waals surface area (Å²) >= 11 is 7.61. The Kier molecular flexibility index (Phi) is 6.14. The first kappa shape index (κ1) is 16.5. The highest BCUT2D eigenvalue weighted by molar-refractivity contribution is 9.10. The van der Waals surface area contributed by atoms with Crippen LogP contribution in [0.5, 0.6) is 5.75 Å². The van der Waals surface area contributed by atoms with Gasteiger partial charge in [0.1, 0.15) is 5.75 Å². The summed E-state index contributed by atoms with van der Waals surface area (Å²) in [5.74, 6) is 2.08. The third kappa shape index (κ3) is 4.09. The fourth-order valence-electron chi connectivity index (χ4n) is 2.32. The summed E-state index contributed by atoms with van der Waals surface area (Å²) in [7, 11) is 1.72. The summed E-state index contributed by atoms with van der Waals surface area (Å²) < 4.78 is 6.52. The molecule has 0 spiro atoms. The summed E-state index contributed by atoms with van der Waals surface area (Å²) in [6.45, 7) is 4.61. The zero-order valence-corrected chi connectivity index (χ0v) is 15.4. The first-order chi connectivity index (χ1) is 9.51. The van der Waals surface area contributed by atoms with Crippen LogP contribution in [0, 0.1) is 0 Å². The number of methoxy groups -OCH3 is 1. The molecule has 0 aromatic heterocycles. The standard InChI is InChI=1S/C15H22BrNOS2/c1-9-10(2)20-15(8-19-9)13(17)7-11-6-12(16)4-5-14(11)18-3/h4-6,9-10,13,15H,7-8,17H2,1-3H3. The minimum atomic E-state index is 0.172. The van der Waals surface area contributed by atoms with E-state index in [9.17, 15) is 0 Å². The van der Waals surface area contributed by atoms with Gasteiger partial charge < -0.3 is 10.5 Å². The zero-order chi connectivity index (χ0) is 14.7. The molecule has 5 heteroatoms. The molecular formula is C15H22BrNOS2. The van der Waals surface area contributed by atoms with Gasteiger partial charge in [-0.1, -0.05) is 29.8 Å². The lowest BCUT2D eigenvalue weighted by Crippen LogP contribution is -2.41. The van der Waals surface area contributed by atoms with E-state index < -0.39 is 0 Å². The SMILES string of the molecule is COc1ccc(Br)cc1CC(N)C1CSC(C)C(C)S1. The van der Waals surface area contributed by atoms with Crippen molar-refractivity contribution < 1.29 is 4.74 Å². The smallest absolute Gasteiger partial charge is 0.122 e. The monoisotopic (exact) mass is 375 g/mol. The molecule has 4 atom stereocenters. The topological polar surface area (TPSA) is 35.2 Å². The molecule has 2 nitrogen and oxygen atoms in total. The summed E-state index contributed by atoms with van der Waals surface area (Å²) in [6.07, 6.45) is 0.863. The second-order valence-corrected chi connectivity index (χ2v) is 9.19. The average Bonchev–Trinajstić information content (AvgIpc) is 2.42. The van der Waals surface area contributed by atoms with Crippen molar-refractivity contribution in [3.05, 3.63) is 28.2 Å². The molecule has 4 unspecified atom stereocenters. The second kappa shape index (κ2) is 7.43. The largest absolute Gasteiger partial charge is 0.496 e. The van der Waals surface area contributed by atoms with Crippen LogP contribution in [-0.2, 0) is 6.42 Å². The Morgan fingerprint density at radius 3 is 2.80 bits per heavy atom. The molecule has 1 heterocycles. The van der Waals surface area contributed by atoms with Gasteiger partial charge in [-0.25, -0.2) is 0 Å². The maximum Gasteiger partial charge on any atom is 0.122 e. The van der Waals surface area contributed by atoms with E-state index in [0.29, 0.717) is 10.5 Å². The molecule has 20 heavy (non-hydrogen) atoms. The highest BCUT2D eigenvalue weighted by atomic mass is 79.9. The number of rotatable bonds is 4. The molecule has 0 saturated carbocycles. The Morgan fingerprint density at radius 1 is 1.40 bits per heavy atom. The molecule has 0 bridgehead atoms. The van der Waals surface area contributed by atoms with Crippen molar-refractivity contribution in [2.45, 2.75) is 42.1 Å². The van der Waals surface area contributed by atoms with Crippen molar-refractivity contribution in [2.75, 3.05) is 12.9 Å². The van der Waals surface area contributed by atoms with Crippen LogP contribution in [-0.4, -0.2) is 34.7 Å². The van der Waals surface area contributed by atoms with Crippen molar-refractivity contribution >= 4 is 39.5 Å². The number of halogens is 1. The van der Waals surface area contributed by atoms with Gasteiger partial charge >= 0.3 is 0 Å². The van der Waals surface area contributed by atoms with E-state index in [4.69, 9.17) is 10.5 Å². The molecule has 0 aliphatic carbocycles. The van der Waals surface area contributed by atoms with E-state index in [1.165, 1.54) is 5.56 Å². The number of hydrogen-bond acceptors (Lipinski definition) is 4. The van der Waals surface area contributed by atoms with Crippen molar-refractivity contribution in [1.29, 1.82) is 0 Å². The first-order valence-electron chi connectivity index (χ1n) is 6.86. The van der Waals surface area contributed by atoms with Gasteiger partial charge in [-0.15, -0.1) is 0 Å².